The Hall–Kier alpha value is -3.00. The average molecular weight is 382 g/mol. The van der Waals surface area contributed by atoms with Gasteiger partial charge < -0.3 is 16.0 Å². The van der Waals surface area contributed by atoms with Crippen molar-refractivity contribution in [2.75, 3.05) is 23.7 Å². The topological polar surface area (TPSA) is 91.8 Å². The van der Waals surface area contributed by atoms with E-state index in [0.717, 1.165) is 12.1 Å². The van der Waals surface area contributed by atoms with Crippen molar-refractivity contribution in [2.24, 2.45) is 0 Å². The van der Waals surface area contributed by atoms with Gasteiger partial charge in [0.25, 0.3) is 0 Å². The fourth-order valence-electron chi connectivity index (χ4n) is 2.44. The number of amides is 1. The maximum absolute atomic E-state index is 11.9. The fraction of sp³-hybridized carbons (Fsp3) is 0.263. The molecule has 3 aromatic heterocycles. The zero-order chi connectivity index (χ0) is 18.9. The van der Waals surface area contributed by atoms with Crippen LogP contribution in [0, 0.1) is 6.92 Å². The van der Waals surface area contributed by atoms with Crippen molar-refractivity contribution in [3.8, 4) is 0 Å². The number of anilines is 3. The van der Waals surface area contributed by atoms with E-state index in [9.17, 15) is 4.79 Å². The van der Waals surface area contributed by atoms with Crippen LogP contribution in [-0.4, -0.2) is 34.2 Å². The molecule has 0 spiro atoms. The highest BCUT2D eigenvalue weighted by Gasteiger charge is 2.05. The van der Waals surface area contributed by atoms with E-state index in [2.05, 4.69) is 49.5 Å². The second kappa shape index (κ2) is 9.63. The van der Waals surface area contributed by atoms with E-state index >= 15 is 0 Å². The lowest BCUT2D eigenvalue weighted by molar-refractivity contribution is -0.120. The van der Waals surface area contributed by atoms with Crippen molar-refractivity contribution in [1.29, 1.82) is 0 Å². The summed E-state index contributed by atoms with van der Waals surface area (Å²) in [5.74, 6) is 1.38. The molecule has 0 aromatic carbocycles. The van der Waals surface area contributed by atoms with E-state index in [4.69, 9.17) is 0 Å². The average Bonchev–Trinajstić information content (AvgIpc) is 3.10. The molecule has 0 saturated heterocycles. The first kappa shape index (κ1) is 18.8. The summed E-state index contributed by atoms with van der Waals surface area (Å²) >= 11 is 1.70. The molecule has 0 radical (unpaired) electrons. The lowest BCUT2D eigenvalue weighted by Crippen LogP contribution is -2.29. The highest BCUT2D eigenvalue weighted by Crippen LogP contribution is 2.17. The van der Waals surface area contributed by atoms with Gasteiger partial charge in [0.2, 0.25) is 5.91 Å². The number of rotatable bonds is 9. The lowest BCUT2D eigenvalue weighted by Gasteiger charge is -2.08. The van der Waals surface area contributed by atoms with Crippen molar-refractivity contribution in [3.05, 3.63) is 58.5 Å². The minimum atomic E-state index is 0.0626. The molecule has 0 fully saturated rings. The number of pyridine rings is 1. The molecule has 3 rings (SSSR count). The van der Waals surface area contributed by atoms with Gasteiger partial charge in [0, 0.05) is 42.5 Å². The Labute approximate surface area is 162 Å². The van der Waals surface area contributed by atoms with Crippen LogP contribution >= 0.6 is 11.3 Å². The molecule has 0 aliphatic carbocycles. The Kier molecular flexibility index (Phi) is 6.70. The molecule has 1 amide bonds. The Balaban J connectivity index is 1.34. The Bertz CT molecular complexity index is 850. The third kappa shape index (κ3) is 6.03. The van der Waals surface area contributed by atoms with E-state index in [0.29, 0.717) is 31.1 Å². The third-order valence-corrected chi connectivity index (χ3v) is 5.00. The Morgan fingerprint density at radius 3 is 2.52 bits per heavy atom. The van der Waals surface area contributed by atoms with Crippen LogP contribution in [0.15, 0.2) is 48.1 Å². The van der Waals surface area contributed by atoms with Gasteiger partial charge in [0.1, 0.15) is 5.82 Å². The largest absolute Gasteiger partial charge is 0.367 e. The number of carbonyl (C=O) groups excluding carboxylic acids is 1. The summed E-state index contributed by atoms with van der Waals surface area (Å²) in [4.78, 5) is 17.1. The maximum atomic E-state index is 11.9. The van der Waals surface area contributed by atoms with Crippen LogP contribution in [0.5, 0.6) is 0 Å². The van der Waals surface area contributed by atoms with Crippen LogP contribution in [-0.2, 0) is 11.2 Å². The van der Waals surface area contributed by atoms with E-state index in [-0.39, 0.29) is 5.91 Å². The minimum absolute atomic E-state index is 0.0626. The molecule has 0 bridgehead atoms. The second-order valence-corrected chi connectivity index (χ2v) is 6.97. The predicted molar refractivity (Wildman–Crippen MR) is 108 cm³/mol. The van der Waals surface area contributed by atoms with Crippen LogP contribution in [0.25, 0.3) is 0 Å². The standard InChI is InChI=1S/C19H22N6OS/c1-14-8-13-27-16(14)2-5-19(26)22-12-11-21-17-3-4-18(25-24-17)23-15-6-9-20-10-7-15/h3-4,6-10,13H,2,5,11-12H2,1H3,(H,21,24)(H,22,26)(H,20,23,25). The van der Waals surface area contributed by atoms with Gasteiger partial charge in [0.05, 0.1) is 0 Å². The molecule has 3 heterocycles. The van der Waals surface area contributed by atoms with Gasteiger partial charge in [-0.2, -0.15) is 0 Å². The maximum Gasteiger partial charge on any atom is 0.220 e. The Morgan fingerprint density at radius 2 is 1.81 bits per heavy atom. The van der Waals surface area contributed by atoms with Gasteiger partial charge in [-0.3, -0.25) is 9.78 Å². The van der Waals surface area contributed by atoms with Gasteiger partial charge in [-0.15, -0.1) is 21.5 Å². The first-order valence-electron chi connectivity index (χ1n) is 8.75. The first-order valence-corrected chi connectivity index (χ1v) is 9.63. The fourth-order valence-corrected chi connectivity index (χ4v) is 3.35. The first-order chi connectivity index (χ1) is 13.2. The summed E-state index contributed by atoms with van der Waals surface area (Å²) in [7, 11) is 0. The van der Waals surface area contributed by atoms with Crippen molar-refractivity contribution in [3.63, 3.8) is 0 Å². The molecule has 0 unspecified atom stereocenters. The van der Waals surface area contributed by atoms with Crippen molar-refractivity contribution >= 4 is 34.6 Å². The number of nitrogens with one attached hydrogen (secondary N) is 3. The molecule has 0 aliphatic rings. The van der Waals surface area contributed by atoms with Crippen LogP contribution < -0.4 is 16.0 Å². The molecule has 0 aliphatic heterocycles. The molecule has 3 N–H and O–H groups in total. The lowest BCUT2D eigenvalue weighted by atomic mass is 10.2. The number of aryl methyl sites for hydroxylation is 2. The second-order valence-electron chi connectivity index (χ2n) is 5.97. The molecule has 7 nitrogen and oxygen atoms in total. The number of thiophene rings is 1. The van der Waals surface area contributed by atoms with Gasteiger partial charge in [-0.05, 0) is 54.6 Å². The van der Waals surface area contributed by atoms with Crippen LogP contribution in [0.4, 0.5) is 17.3 Å². The number of hydrogen-bond donors (Lipinski definition) is 3. The monoisotopic (exact) mass is 382 g/mol. The summed E-state index contributed by atoms with van der Waals surface area (Å²) in [5.41, 5.74) is 2.16. The van der Waals surface area contributed by atoms with Gasteiger partial charge in [0.15, 0.2) is 5.82 Å². The molecule has 140 valence electrons. The van der Waals surface area contributed by atoms with Gasteiger partial charge >= 0.3 is 0 Å². The Morgan fingerprint density at radius 1 is 1.04 bits per heavy atom. The summed E-state index contributed by atoms with van der Waals surface area (Å²) < 4.78 is 0. The van der Waals surface area contributed by atoms with Gasteiger partial charge in [-0.1, -0.05) is 0 Å². The predicted octanol–water partition coefficient (Wildman–Crippen LogP) is 3.15. The molecule has 0 atom stereocenters. The molecular weight excluding hydrogens is 360 g/mol. The summed E-state index contributed by atoms with van der Waals surface area (Å²) in [6.07, 6.45) is 4.72. The van der Waals surface area contributed by atoms with E-state index in [1.54, 1.807) is 23.7 Å². The number of carbonyl (C=O) groups is 1. The SMILES string of the molecule is Cc1ccsc1CCC(=O)NCCNc1ccc(Nc2ccncc2)nn1. The van der Waals surface area contributed by atoms with E-state index < -0.39 is 0 Å². The smallest absolute Gasteiger partial charge is 0.220 e. The number of hydrogen-bond acceptors (Lipinski definition) is 7. The van der Waals surface area contributed by atoms with Crippen molar-refractivity contribution < 1.29 is 4.79 Å². The van der Waals surface area contributed by atoms with E-state index in [1.165, 1.54) is 10.4 Å². The zero-order valence-corrected chi connectivity index (χ0v) is 15.9. The molecule has 3 aromatic rings. The molecule has 27 heavy (non-hydrogen) atoms. The minimum Gasteiger partial charge on any atom is -0.367 e. The van der Waals surface area contributed by atoms with E-state index in [1.807, 2.05) is 24.3 Å². The van der Waals surface area contributed by atoms with Crippen LogP contribution in [0.2, 0.25) is 0 Å². The summed E-state index contributed by atoms with van der Waals surface area (Å²) in [6.45, 7) is 3.21. The number of nitrogens with zero attached hydrogens (tertiary/aromatic N) is 3. The molecular formula is C19H22N6OS. The normalized spacial score (nSPS) is 10.4. The number of aromatic nitrogens is 3. The third-order valence-electron chi connectivity index (χ3n) is 3.92. The van der Waals surface area contributed by atoms with Crippen LogP contribution in [0.1, 0.15) is 16.9 Å². The summed E-state index contributed by atoms with van der Waals surface area (Å²) in [5, 5.41) is 19.5. The summed E-state index contributed by atoms with van der Waals surface area (Å²) in [6, 6.07) is 9.49. The highest BCUT2D eigenvalue weighted by atomic mass is 32.1. The van der Waals surface area contributed by atoms with Crippen molar-refractivity contribution in [2.45, 2.75) is 19.8 Å². The van der Waals surface area contributed by atoms with Gasteiger partial charge in [-0.25, -0.2) is 0 Å². The molecule has 0 saturated carbocycles. The van der Waals surface area contributed by atoms with Crippen molar-refractivity contribution in [1.82, 2.24) is 20.5 Å². The highest BCUT2D eigenvalue weighted by molar-refractivity contribution is 7.10. The quantitative estimate of drug-likeness (QED) is 0.493. The van der Waals surface area contributed by atoms with Crippen LogP contribution in [0.3, 0.4) is 0 Å². The zero-order valence-electron chi connectivity index (χ0n) is 15.1. The molecule has 8 heteroatoms.